The molecule has 3 heteroatoms. The van der Waals surface area contributed by atoms with Crippen LogP contribution in [0.1, 0.15) is 18.9 Å². The first-order chi connectivity index (χ1) is 6.77. The predicted octanol–water partition coefficient (Wildman–Crippen LogP) is 1.78. The third-order valence-electron chi connectivity index (χ3n) is 2.05. The van der Waals surface area contributed by atoms with Gasteiger partial charge in [-0.05, 0) is 31.2 Å². The third kappa shape index (κ3) is 2.92. The van der Waals surface area contributed by atoms with Gasteiger partial charge in [0.1, 0.15) is 5.75 Å². The van der Waals surface area contributed by atoms with Gasteiger partial charge in [0.15, 0.2) is 0 Å². The number of anilines is 1. The standard InChI is InChI=1S/C11H18N2O/c1-3-6-13-8-9-7-10(12)4-5-11(9)14-2/h4-5,7,13H,3,6,8,12H2,1-2H3. The van der Waals surface area contributed by atoms with Crippen LogP contribution in [-0.4, -0.2) is 13.7 Å². The number of nitrogens with two attached hydrogens (primary N) is 1. The quantitative estimate of drug-likeness (QED) is 0.555. The summed E-state index contributed by atoms with van der Waals surface area (Å²) < 4.78 is 5.24. The van der Waals surface area contributed by atoms with E-state index in [9.17, 15) is 0 Å². The molecule has 0 saturated carbocycles. The Morgan fingerprint density at radius 3 is 2.86 bits per heavy atom. The number of ether oxygens (including phenoxy) is 1. The average Bonchev–Trinajstić information content (AvgIpc) is 2.19. The van der Waals surface area contributed by atoms with Gasteiger partial charge in [0.2, 0.25) is 0 Å². The van der Waals surface area contributed by atoms with Crippen molar-refractivity contribution in [3.63, 3.8) is 0 Å². The summed E-state index contributed by atoms with van der Waals surface area (Å²) in [6, 6.07) is 5.70. The first kappa shape index (κ1) is 10.9. The van der Waals surface area contributed by atoms with E-state index in [2.05, 4.69) is 12.2 Å². The van der Waals surface area contributed by atoms with E-state index >= 15 is 0 Å². The van der Waals surface area contributed by atoms with Crippen molar-refractivity contribution >= 4 is 5.69 Å². The Labute approximate surface area is 85.3 Å². The van der Waals surface area contributed by atoms with Gasteiger partial charge in [-0.1, -0.05) is 6.92 Å². The lowest BCUT2D eigenvalue weighted by molar-refractivity contribution is 0.408. The van der Waals surface area contributed by atoms with E-state index in [1.54, 1.807) is 7.11 Å². The molecule has 0 spiro atoms. The minimum absolute atomic E-state index is 0.777. The van der Waals surface area contributed by atoms with Gasteiger partial charge in [0.25, 0.3) is 0 Å². The monoisotopic (exact) mass is 194 g/mol. The maximum atomic E-state index is 5.70. The second kappa shape index (κ2) is 5.50. The molecule has 0 heterocycles. The van der Waals surface area contributed by atoms with Crippen LogP contribution in [0.15, 0.2) is 18.2 Å². The van der Waals surface area contributed by atoms with E-state index in [0.29, 0.717) is 0 Å². The van der Waals surface area contributed by atoms with Gasteiger partial charge in [-0.15, -0.1) is 0 Å². The first-order valence-electron chi connectivity index (χ1n) is 4.91. The highest BCUT2D eigenvalue weighted by atomic mass is 16.5. The Kier molecular flexibility index (Phi) is 4.26. The summed E-state index contributed by atoms with van der Waals surface area (Å²) in [6.07, 6.45) is 1.13. The molecule has 0 aliphatic heterocycles. The zero-order valence-electron chi connectivity index (χ0n) is 8.84. The fourth-order valence-corrected chi connectivity index (χ4v) is 1.34. The normalized spacial score (nSPS) is 10.1. The van der Waals surface area contributed by atoms with E-state index in [4.69, 9.17) is 10.5 Å². The predicted molar refractivity (Wildman–Crippen MR) is 59.4 cm³/mol. The molecule has 0 saturated heterocycles. The zero-order chi connectivity index (χ0) is 10.4. The topological polar surface area (TPSA) is 47.3 Å². The summed E-state index contributed by atoms with van der Waals surface area (Å²) in [5.74, 6) is 0.891. The Bertz CT molecular complexity index is 287. The summed E-state index contributed by atoms with van der Waals surface area (Å²) in [5.41, 5.74) is 7.59. The number of hydrogen-bond donors (Lipinski definition) is 2. The van der Waals surface area contributed by atoms with Gasteiger partial charge in [0, 0.05) is 17.8 Å². The molecule has 0 amide bonds. The van der Waals surface area contributed by atoms with E-state index in [1.165, 1.54) is 0 Å². The highest BCUT2D eigenvalue weighted by Crippen LogP contribution is 2.20. The van der Waals surface area contributed by atoms with Crippen LogP contribution in [0.2, 0.25) is 0 Å². The van der Waals surface area contributed by atoms with E-state index < -0.39 is 0 Å². The molecule has 0 aliphatic carbocycles. The van der Waals surface area contributed by atoms with Crippen LogP contribution in [0.4, 0.5) is 5.69 Å². The Morgan fingerprint density at radius 1 is 1.43 bits per heavy atom. The van der Waals surface area contributed by atoms with Gasteiger partial charge in [0.05, 0.1) is 7.11 Å². The highest BCUT2D eigenvalue weighted by Gasteiger charge is 2.01. The lowest BCUT2D eigenvalue weighted by Crippen LogP contribution is -2.14. The molecule has 1 rings (SSSR count). The minimum atomic E-state index is 0.777. The van der Waals surface area contributed by atoms with Crippen LogP contribution in [-0.2, 0) is 6.54 Å². The third-order valence-corrected chi connectivity index (χ3v) is 2.05. The molecule has 1 aromatic rings. The molecular formula is C11H18N2O. The number of hydrogen-bond acceptors (Lipinski definition) is 3. The van der Waals surface area contributed by atoms with Gasteiger partial charge < -0.3 is 15.8 Å². The van der Waals surface area contributed by atoms with Crippen molar-refractivity contribution in [3.8, 4) is 5.75 Å². The lowest BCUT2D eigenvalue weighted by atomic mass is 10.1. The summed E-state index contributed by atoms with van der Waals surface area (Å²) >= 11 is 0. The molecular weight excluding hydrogens is 176 g/mol. The first-order valence-corrected chi connectivity index (χ1v) is 4.91. The van der Waals surface area contributed by atoms with E-state index in [0.717, 1.165) is 36.5 Å². The summed E-state index contributed by atoms with van der Waals surface area (Å²) in [4.78, 5) is 0. The highest BCUT2D eigenvalue weighted by molar-refractivity contribution is 5.47. The summed E-state index contributed by atoms with van der Waals surface area (Å²) in [6.45, 7) is 3.96. The average molecular weight is 194 g/mol. The van der Waals surface area contributed by atoms with Crippen LogP contribution < -0.4 is 15.8 Å². The molecule has 0 aliphatic rings. The van der Waals surface area contributed by atoms with E-state index in [1.807, 2.05) is 18.2 Å². The van der Waals surface area contributed by atoms with Crippen molar-refractivity contribution in [1.82, 2.24) is 5.32 Å². The molecule has 0 unspecified atom stereocenters. The molecule has 0 bridgehead atoms. The van der Waals surface area contributed by atoms with Gasteiger partial charge in [-0.2, -0.15) is 0 Å². The van der Waals surface area contributed by atoms with Crippen molar-refractivity contribution in [2.45, 2.75) is 19.9 Å². The number of methoxy groups -OCH3 is 1. The Hall–Kier alpha value is -1.22. The van der Waals surface area contributed by atoms with Gasteiger partial charge in [-0.3, -0.25) is 0 Å². The van der Waals surface area contributed by atoms with Crippen LogP contribution in [0.25, 0.3) is 0 Å². The number of rotatable bonds is 5. The van der Waals surface area contributed by atoms with Crippen molar-refractivity contribution in [1.29, 1.82) is 0 Å². The zero-order valence-corrected chi connectivity index (χ0v) is 8.84. The number of nitrogens with one attached hydrogen (secondary N) is 1. The minimum Gasteiger partial charge on any atom is -0.496 e. The molecule has 0 atom stereocenters. The molecule has 3 N–H and O–H groups in total. The van der Waals surface area contributed by atoms with Crippen molar-refractivity contribution in [2.24, 2.45) is 0 Å². The molecule has 78 valence electrons. The van der Waals surface area contributed by atoms with Crippen molar-refractivity contribution < 1.29 is 4.74 Å². The van der Waals surface area contributed by atoms with Crippen LogP contribution in [0.3, 0.4) is 0 Å². The molecule has 0 radical (unpaired) electrons. The SMILES string of the molecule is CCCNCc1cc(N)ccc1OC. The number of nitrogen functional groups attached to an aromatic ring is 1. The summed E-state index contributed by atoms with van der Waals surface area (Å²) in [7, 11) is 1.68. The van der Waals surface area contributed by atoms with Crippen molar-refractivity contribution in [3.05, 3.63) is 23.8 Å². The Balaban J connectivity index is 2.67. The number of benzene rings is 1. The van der Waals surface area contributed by atoms with Crippen LogP contribution in [0, 0.1) is 0 Å². The van der Waals surface area contributed by atoms with Gasteiger partial charge >= 0.3 is 0 Å². The van der Waals surface area contributed by atoms with E-state index in [-0.39, 0.29) is 0 Å². The summed E-state index contributed by atoms with van der Waals surface area (Å²) in [5, 5.41) is 3.32. The fourth-order valence-electron chi connectivity index (χ4n) is 1.34. The smallest absolute Gasteiger partial charge is 0.123 e. The molecule has 1 aromatic carbocycles. The molecule has 0 fully saturated rings. The molecule has 14 heavy (non-hydrogen) atoms. The van der Waals surface area contributed by atoms with Crippen molar-refractivity contribution in [2.75, 3.05) is 19.4 Å². The molecule has 3 nitrogen and oxygen atoms in total. The maximum absolute atomic E-state index is 5.70. The van der Waals surface area contributed by atoms with Gasteiger partial charge in [-0.25, -0.2) is 0 Å². The second-order valence-corrected chi connectivity index (χ2v) is 3.25. The molecule has 0 aromatic heterocycles. The fraction of sp³-hybridized carbons (Fsp3) is 0.455. The lowest BCUT2D eigenvalue weighted by Gasteiger charge is -2.09. The Morgan fingerprint density at radius 2 is 2.21 bits per heavy atom. The van der Waals surface area contributed by atoms with Crippen LogP contribution >= 0.6 is 0 Å². The van der Waals surface area contributed by atoms with Crippen LogP contribution in [0.5, 0.6) is 5.75 Å². The second-order valence-electron chi connectivity index (χ2n) is 3.25. The largest absolute Gasteiger partial charge is 0.496 e. The maximum Gasteiger partial charge on any atom is 0.123 e.